The normalized spacial score (nSPS) is 17.9. The first-order valence-electron chi connectivity index (χ1n) is 8.36. The molecular formula is C17H25N5O. The van der Waals surface area contributed by atoms with E-state index in [0.717, 1.165) is 55.3 Å². The number of amides is 1. The first-order valence-corrected chi connectivity index (χ1v) is 8.36. The number of aromatic nitrogens is 4. The second-order valence-corrected chi connectivity index (χ2v) is 6.45. The molecule has 1 atom stereocenters. The molecule has 3 rings (SSSR count). The summed E-state index contributed by atoms with van der Waals surface area (Å²) in [5, 5.41) is 4.45. The van der Waals surface area contributed by atoms with Gasteiger partial charge in [-0.1, -0.05) is 0 Å². The molecule has 1 saturated heterocycles. The molecule has 23 heavy (non-hydrogen) atoms. The number of carbonyl (C=O) groups excluding carboxylic acids is 1. The summed E-state index contributed by atoms with van der Waals surface area (Å²) in [4.78, 5) is 22.2. The highest BCUT2D eigenvalue weighted by Gasteiger charge is 2.31. The van der Waals surface area contributed by atoms with Crippen molar-refractivity contribution in [1.29, 1.82) is 0 Å². The highest BCUT2D eigenvalue weighted by atomic mass is 16.2. The van der Waals surface area contributed by atoms with Crippen LogP contribution in [0, 0.1) is 20.8 Å². The molecule has 124 valence electrons. The molecule has 6 nitrogen and oxygen atoms in total. The van der Waals surface area contributed by atoms with Crippen LogP contribution < -0.4 is 0 Å². The van der Waals surface area contributed by atoms with Crippen LogP contribution in [0.3, 0.4) is 0 Å². The van der Waals surface area contributed by atoms with Crippen LogP contribution in [-0.4, -0.2) is 37.1 Å². The van der Waals surface area contributed by atoms with Crippen molar-refractivity contribution < 1.29 is 4.79 Å². The second-order valence-electron chi connectivity index (χ2n) is 6.45. The van der Waals surface area contributed by atoms with Crippen molar-refractivity contribution in [1.82, 2.24) is 24.6 Å². The van der Waals surface area contributed by atoms with Crippen LogP contribution in [0.5, 0.6) is 0 Å². The van der Waals surface area contributed by atoms with E-state index in [4.69, 9.17) is 0 Å². The number of rotatable bonds is 5. The lowest BCUT2D eigenvalue weighted by Gasteiger charge is -2.23. The number of nitrogens with one attached hydrogen (secondary N) is 1. The highest BCUT2D eigenvalue weighted by molar-refractivity contribution is 5.76. The minimum atomic E-state index is 0.116. The summed E-state index contributed by atoms with van der Waals surface area (Å²) in [6.45, 7) is 7.67. The van der Waals surface area contributed by atoms with Crippen LogP contribution in [-0.2, 0) is 11.3 Å². The molecule has 0 spiro atoms. The Morgan fingerprint density at radius 2 is 2.22 bits per heavy atom. The molecule has 3 heterocycles. The van der Waals surface area contributed by atoms with Gasteiger partial charge in [0.1, 0.15) is 5.82 Å². The van der Waals surface area contributed by atoms with Crippen LogP contribution in [0.25, 0.3) is 0 Å². The Morgan fingerprint density at radius 1 is 1.39 bits per heavy atom. The maximum atomic E-state index is 12.6. The van der Waals surface area contributed by atoms with Crippen molar-refractivity contribution >= 4 is 5.91 Å². The van der Waals surface area contributed by atoms with Gasteiger partial charge in [0.2, 0.25) is 5.91 Å². The zero-order valence-corrected chi connectivity index (χ0v) is 14.2. The average Bonchev–Trinajstić information content (AvgIpc) is 3.19. The molecular weight excluding hydrogens is 290 g/mol. The van der Waals surface area contributed by atoms with Gasteiger partial charge in [0.25, 0.3) is 0 Å². The Balaban J connectivity index is 1.56. The number of carbonyl (C=O) groups is 1. The zero-order valence-electron chi connectivity index (χ0n) is 14.2. The molecule has 2 aromatic rings. The van der Waals surface area contributed by atoms with Gasteiger partial charge in [0.05, 0.1) is 11.7 Å². The first kappa shape index (κ1) is 15.8. The maximum Gasteiger partial charge on any atom is 0.223 e. The van der Waals surface area contributed by atoms with Crippen molar-refractivity contribution in [2.75, 3.05) is 6.54 Å². The Kier molecular flexibility index (Phi) is 4.50. The molecule has 0 bridgehead atoms. The van der Waals surface area contributed by atoms with Gasteiger partial charge in [-0.3, -0.25) is 9.48 Å². The minimum absolute atomic E-state index is 0.116. The Hall–Kier alpha value is -2.11. The number of likely N-dealkylation sites (tertiary alicyclic amines) is 1. The number of aromatic amines is 1. The van der Waals surface area contributed by atoms with E-state index in [1.54, 1.807) is 0 Å². The number of nitrogens with zero attached hydrogens (tertiary/aromatic N) is 4. The molecule has 1 unspecified atom stereocenters. The fraction of sp³-hybridized carbons (Fsp3) is 0.588. The molecule has 0 aliphatic carbocycles. The van der Waals surface area contributed by atoms with E-state index in [9.17, 15) is 4.79 Å². The predicted octanol–water partition coefficient (Wildman–Crippen LogP) is 2.68. The fourth-order valence-corrected chi connectivity index (χ4v) is 3.38. The van der Waals surface area contributed by atoms with Crippen LogP contribution in [0.4, 0.5) is 0 Å². The maximum absolute atomic E-state index is 12.6. The SMILES string of the molecule is Cc1cc(C)n(CCCC(=O)N2CCCC2c2ncc(C)[nH]2)n1. The Bertz CT molecular complexity index is 687. The van der Waals surface area contributed by atoms with E-state index < -0.39 is 0 Å². The summed E-state index contributed by atoms with van der Waals surface area (Å²) >= 11 is 0. The van der Waals surface area contributed by atoms with Crippen molar-refractivity contribution in [3.8, 4) is 0 Å². The molecule has 1 aliphatic rings. The largest absolute Gasteiger partial charge is 0.344 e. The van der Waals surface area contributed by atoms with Crippen LogP contribution >= 0.6 is 0 Å². The van der Waals surface area contributed by atoms with E-state index >= 15 is 0 Å². The number of H-pyrrole nitrogens is 1. The van der Waals surface area contributed by atoms with Crippen molar-refractivity contribution in [3.63, 3.8) is 0 Å². The summed E-state index contributed by atoms with van der Waals surface area (Å²) in [6.07, 6.45) is 5.26. The summed E-state index contributed by atoms with van der Waals surface area (Å²) in [5.41, 5.74) is 3.23. The first-order chi connectivity index (χ1) is 11.0. The van der Waals surface area contributed by atoms with Gasteiger partial charge in [0, 0.05) is 37.1 Å². The van der Waals surface area contributed by atoms with Crippen LogP contribution in [0.15, 0.2) is 12.3 Å². The molecule has 1 fully saturated rings. The monoisotopic (exact) mass is 315 g/mol. The third-order valence-corrected chi connectivity index (χ3v) is 4.48. The second kappa shape index (κ2) is 6.56. The predicted molar refractivity (Wildman–Crippen MR) is 87.9 cm³/mol. The number of imidazole rings is 1. The van der Waals surface area contributed by atoms with Gasteiger partial charge in [-0.05, 0) is 46.1 Å². The third kappa shape index (κ3) is 3.46. The molecule has 0 radical (unpaired) electrons. The zero-order chi connectivity index (χ0) is 16.4. The topological polar surface area (TPSA) is 66.8 Å². The number of aryl methyl sites for hydroxylation is 4. The standard InChI is InChI=1S/C17H25N5O/c1-12-10-14(3)22(20-12)9-5-7-16(23)21-8-4-6-15(21)17-18-11-13(2)19-17/h10-11,15H,4-9H2,1-3H3,(H,18,19). The van der Waals surface area contributed by atoms with Crippen LogP contribution in [0.1, 0.15) is 54.6 Å². The average molecular weight is 315 g/mol. The molecule has 0 saturated carbocycles. The molecule has 2 aromatic heterocycles. The molecule has 1 aliphatic heterocycles. The van der Waals surface area contributed by atoms with Crippen molar-refractivity contribution in [2.24, 2.45) is 0 Å². The van der Waals surface area contributed by atoms with Gasteiger partial charge >= 0.3 is 0 Å². The van der Waals surface area contributed by atoms with E-state index in [0.29, 0.717) is 6.42 Å². The smallest absolute Gasteiger partial charge is 0.223 e. The number of hydrogen-bond acceptors (Lipinski definition) is 3. The van der Waals surface area contributed by atoms with Crippen molar-refractivity contribution in [3.05, 3.63) is 35.2 Å². The highest BCUT2D eigenvalue weighted by Crippen LogP contribution is 2.30. The van der Waals surface area contributed by atoms with Gasteiger partial charge in [-0.25, -0.2) is 4.98 Å². The van der Waals surface area contributed by atoms with Gasteiger partial charge in [-0.2, -0.15) is 5.10 Å². The lowest BCUT2D eigenvalue weighted by molar-refractivity contribution is -0.132. The fourth-order valence-electron chi connectivity index (χ4n) is 3.38. The summed E-state index contributed by atoms with van der Waals surface area (Å²) in [6, 6.07) is 2.18. The van der Waals surface area contributed by atoms with E-state index in [2.05, 4.69) is 28.1 Å². The van der Waals surface area contributed by atoms with Crippen LogP contribution in [0.2, 0.25) is 0 Å². The minimum Gasteiger partial charge on any atom is -0.344 e. The Morgan fingerprint density at radius 3 is 2.87 bits per heavy atom. The van der Waals surface area contributed by atoms with E-state index in [1.165, 1.54) is 0 Å². The summed E-state index contributed by atoms with van der Waals surface area (Å²) < 4.78 is 1.99. The lowest BCUT2D eigenvalue weighted by Crippen LogP contribution is -2.31. The molecule has 6 heteroatoms. The summed E-state index contributed by atoms with van der Waals surface area (Å²) in [7, 11) is 0. The Labute approximate surface area is 136 Å². The van der Waals surface area contributed by atoms with Gasteiger partial charge in [0.15, 0.2) is 0 Å². The quantitative estimate of drug-likeness (QED) is 0.922. The van der Waals surface area contributed by atoms with Gasteiger partial charge < -0.3 is 9.88 Å². The molecule has 1 N–H and O–H groups in total. The molecule has 0 aromatic carbocycles. The molecule has 1 amide bonds. The van der Waals surface area contributed by atoms with E-state index in [-0.39, 0.29) is 11.9 Å². The van der Waals surface area contributed by atoms with Crippen molar-refractivity contribution in [2.45, 2.75) is 59.0 Å². The van der Waals surface area contributed by atoms with E-state index in [1.807, 2.05) is 29.6 Å². The third-order valence-electron chi connectivity index (χ3n) is 4.48. The number of hydrogen-bond donors (Lipinski definition) is 1. The lowest BCUT2D eigenvalue weighted by atomic mass is 10.2. The summed E-state index contributed by atoms with van der Waals surface area (Å²) in [5.74, 6) is 1.15. The van der Waals surface area contributed by atoms with Gasteiger partial charge in [-0.15, -0.1) is 0 Å².